The molecule has 0 aliphatic rings. The van der Waals surface area contributed by atoms with Gasteiger partial charge >= 0.3 is 0 Å². The van der Waals surface area contributed by atoms with Crippen molar-refractivity contribution in [1.29, 1.82) is 0 Å². The Bertz CT molecular complexity index is 455. The molecule has 1 aromatic carbocycles. The summed E-state index contributed by atoms with van der Waals surface area (Å²) in [7, 11) is -3.23. The fraction of sp³-hybridized carbons (Fsp3) is 0.571. The molecule has 5 heteroatoms. The summed E-state index contributed by atoms with van der Waals surface area (Å²) < 4.78 is 26.3. The van der Waals surface area contributed by atoms with Gasteiger partial charge in [0.25, 0.3) is 0 Å². The lowest BCUT2D eigenvalue weighted by Gasteiger charge is -2.09. The van der Waals surface area contributed by atoms with E-state index in [1.165, 1.54) is 5.56 Å². The van der Waals surface area contributed by atoms with Crippen LogP contribution < -0.4 is 10.0 Å². The average Bonchev–Trinajstić information content (AvgIpc) is 2.39. The lowest BCUT2D eigenvalue weighted by atomic mass is 10.2. The normalized spacial score (nSPS) is 11.5. The summed E-state index contributed by atoms with van der Waals surface area (Å²) in [5.74, 6) is 0.152. The Labute approximate surface area is 116 Å². The second kappa shape index (κ2) is 8.17. The second-order valence-corrected chi connectivity index (χ2v) is 6.42. The molecular formula is C14H24N2O2S. The van der Waals surface area contributed by atoms with E-state index in [2.05, 4.69) is 23.9 Å². The highest BCUT2D eigenvalue weighted by Gasteiger charge is 2.09. The molecule has 0 saturated carbocycles. The van der Waals surface area contributed by atoms with Gasteiger partial charge in [-0.1, -0.05) is 26.0 Å². The number of aryl methyl sites for hydroxylation is 1. The zero-order valence-corrected chi connectivity index (χ0v) is 12.6. The highest BCUT2D eigenvalue weighted by atomic mass is 32.2. The number of hydrogen-bond acceptors (Lipinski definition) is 3. The SMILES string of the molecule is CCCNCCCS(=O)(=O)Nc1ccc(CC)cc1. The summed E-state index contributed by atoms with van der Waals surface area (Å²) >= 11 is 0. The van der Waals surface area contributed by atoms with Crippen LogP contribution in [0, 0.1) is 0 Å². The first-order valence-electron chi connectivity index (χ1n) is 6.87. The Morgan fingerprint density at radius 3 is 2.32 bits per heavy atom. The second-order valence-electron chi connectivity index (χ2n) is 4.57. The molecule has 0 fully saturated rings. The van der Waals surface area contributed by atoms with E-state index in [0.29, 0.717) is 12.1 Å². The standard InChI is InChI=1S/C14H24N2O2S/c1-3-10-15-11-5-12-19(17,18)16-14-8-6-13(4-2)7-9-14/h6-9,15-16H,3-5,10-12H2,1-2H3. The molecule has 2 N–H and O–H groups in total. The Balaban J connectivity index is 2.40. The van der Waals surface area contributed by atoms with E-state index in [1.54, 1.807) is 0 Å². The number of benzene rings is 1. The molecule has 1 rings (SSSR count). The monoisotopic (exact) mass is 284 g/mol. The van der Waals surface area contributed by atoms with E-state index in [1.807, 2.05) is 24.3 Å². The molecule has 0 heterocycles. The maximum Gasteiger partial charge on any atom is 0.232 e. The Hall–Kier alpha value is -1.07. The van der Waals surface area contributed by atoms with Crippen molar-refractivity contribution in [1.82, 2.24) is 5.32 Å². The van der Waals surface area contributed by atoms with Crippen molar-refractivity contribution in [2.24, 2.45) is 0 Å². The lowest BCUT2D eigenvalue weighted by molar-refractivity contribution is 0.593. The van der Waals surface area contributed by atoms with Crippen molar-refractivity contribution in [2.45, 2.75) is 33.1 Å². The summed E-state index contributed by atoms with van der Waals surface area (Å²) in [6.45, 7) is 5.84. The minimum absolute atomic E-state index is 0.152. The van der Waals surface area contributed by atoms with Gasteiger partial charge in [0.15, 0.2) is 0 Å². The molecule has 0 aromatic heterocycles. The molecule has 0 unspecified atom stereocenters. The Morgan fingerprint density at radius 2 is 1.74 bits per heavy atom. The third-order valence-electron chi connectivity index (χ3n) is 2.83. The van der Waals surface area contributed by atoms with E-state index in [4.69, 9.17) is 0 Å². The minimum atomic E-state index is -3.23. The number of rotatable bonds is 9. The van der Waals surface area contributed by atoms with Crippen molar-refractivity contribution < 1.29 is 8.42 Å². The molecule has 4 nitrogen and oxygen atoms in total. The number of anilines is 1. The van der Waals surface area contributed by atoms with Crippen LogP contribution in [0.15, 0.2) is 24.3 Å². The van der Waals surface area contributed by atoms with Gasteiger partial charge in [-0.2, -0.15) is 0 Å². The third-order valence-corrected chi connectivity index (χ3v) is 4.20. The van der Waals surface area contributed by atoms with Crippen molar-refractivity contribution in [3.63, 3.8) is 0 Å². The largest absolute Gasteiger partial charge is 0.317 e. The van der Waals surface area contributed by atoms with E-state index < -0.39 is 10.0 Å². The molecule has 1 aromatic rings. The predicted octanol–water partition coefficient (Wildman–Crippen LogP) is 2.38. The molecule has 108 valence electrons. The number of nitrogens with one attached hydrogen (secondary N) is 2. The van der Waals surface area contributed by atoms with Crippen LogP contribution >= 0.6 is 0 Å². The Morgan fingerprint density at radius 1 is 1.05 bits per heavy atom. The Kier molecular flexibility index (Phi) is 6.87. The smallest absolute Gasteiger partial charge is 0.232 e. The van der Waals surface area contributed by atoms with Gasteiger partial charge in [-0.3, -0.25) is 4.72 Å². The van der Waals surface area contributed by atoms with Gasteiger partial charge in [0.2, 0.25) is 10.0 Å². The molecule has 0 aliphatic heterocycles. The molecular weight excluding hydrogens is 260 g/mol. The van der Waals surface area contributed by atoms with Crippen LogP contribution in [0.2, 0.25) is 0 Å². The zero-order chi connectivity index (χ0) is 14.1. The molecule has 0 aliphatic carbocycles. The van der Waals surface area contributed by atoms with E-state index in [9.17, 15) is 8.42 Å². The highest BCUT2D eigenvalue weighted by molar-refractivity contribution is 7.92. The van der Waals surface area contributed by atoms with Crippen LogP contribution in [0.5, 0.6) is 0 Å². The molecule has 0 atom stereocenters. The summed E-state index contributed by atoms with van der Waals surface area (Å²) in [6, 6.07) is 7.51. The van der Waals surface area contributed by atoms with E-state index in [-0.39, 0.29) is 5.75 Å². The summed E-state index contributed by atoms with van der Waals surface area (Å²) in [5.41, 5.74) is 1.84. The summed E-state index contributed by atoms with van der Waals surface area (Å²) in [6.07, 6.45) is 2.65. The van der Waals surface area contributed by atoms with Crippen molar-refractivity contribution >= 4 is 15.7 Å². The molecule has 19 heavy (non-hydrogen) atoms. The maximum absolute atomic E-state index is 11.8. The molecule has 0 spiro atoms. The number of hydrogen-bond donors (Lipinski definition) is 2. The minimum Gasteiger partial charge on any atom is -0.317 e. The van der Waals surface area contributed by atoms with E-state index >= 15 is 0 Å². The van der Waals surface area contributed by atoms with Gasteiger partial charge in [0, 0.05) is 5.69 Å². The average molecular weight is 284 g/mol. The molecule has 0 saturated heterocycles. The first-order chi connectivity index (χ1) is 9.07. The molecule has 0 radical (unpaired) electrons. The molecule has 0 amide bonds. The van der Waals surface area contributed by atoms with Crippen LogP contribution in [0.25, 0.3) is 0 Å². The first kappa shape index (κ1) is 16.0. The number of sulfonamides is 1. The predicted molar refractivity (Wildman–Crippen MR) is 81.0 cm³/mol. The van der Waals surface area contributed by atoms with Crippen LogP contribution in [-0.2, 0) is 16.4 Å². The summed E-state index contributed by atoms with van der Waals surface area (Å²) in [4.78, 5) is 0. The van der Waals surface area contributed by atoms with Crippen LogP contribution in [0.1, 0.15) is 32.3 Å². The fourth-order valence-corrected chi connectivity index (χ4v) is 2.85. The van der Waals surface area contributed by atoms with Crippen molar-refractivity contribution in [2.75, 3.05) is 23.6 Å². The van der Waals surface area contributed by atoms with Gasteiger partial charge in [-0.25, -0.2) is 8.42 Å². The topological polar surface area (TPSA) is 58.2 Å². The van der Waals surface area contributed by atoms with Crippen molar-refractivity contribution in [3.05, 3.63) is 29.8 Å². The first-order valence-corrected chi connectivity index (χ1v) is 8.52. The molecule has 0 bridgehead atoms. The van der Waals surface area contributed by atoms with Gasteiger partial charge < -0.3 is 5.32 Å². The summed E-state index contributed by atoms with van der Waals surface area (Å²) in [5, 5.41) is 3.19. The van der Waals surface area contributed by atoms with Crippen LogP contribution in [0.3, 0.4) is 0 Å². The quantitative estimate of drug-likeness (QED) is 0.685. The zero-order valence-electron chi connectivity index (χ0n) is 11.8. The highest BCUT2D eigenvalue weighted by Crippen LogP contribution is 2.12. The lowest BCUT2D eigenvalue weighted by Crippen LogP contribution is -2.22. The fourth-order valence-electron chi connectivity index (χ4n) is 1.73. The van der Waals surface area contributed by atoms with Crippen LogP contribution in [-0.4, -0.2) is 27.3 Å². The van der Waals surface area contributed by atoms with Gasteiger partial charge in [-0.05, 0) is 50.0 Å². The maximum atomic E-state index is 11.8. The van der Waals surface area contributed by atoms with Gasteiger partial charge in [0.1, 0.15) is 0 Å². The van der Waals surface area contributed by atoms with Crippen molar-refractivity contribution in [3.8, 4) is 0 Å². The van der Waals surface area contributed by atoms with Gasteiger partial charge in [0.05, 0.1) is 5.75 Å². The van der Waals surface area contributed by atoms with Crippen LogP contribution in [0.4, 0.5) is 5.69 Å². The third kappa shape index (κ3) is 6.59. The van der Waals surface area contributed by atoms with E-state index in [0.717, 1.165) is 25.9 Å². The van der Waals surface area contributed by atoms with Gasteiger partial charge in [-0.15, -0.1) is 0 Å².